The first kappa shape index (κ1) is 13.4. The van der Waals surface area contributed by atoms with Crippen LogP contribution in [0.4, 0.5) is 0 Å². The second-order valence-electron chi connectivity index (χ2n) is 5.13. The van der Waals surface area contributed by atoms with Gasteiger partial charge in [0.05, 0.1) is 17.8 Å². The summed E-state index contributed by atoms with van der Waals surface area (Å²) in [7, 11) is 1.70. The second-order valence-corrected chi connectivity index (χ2v) is 5.57. The Morgan fingerprint density at radius 2 is 2.15 bits per heavy atom. The van der Waals surface area contributed by atoms with Crippen molar-refractivity contribution >= 4 is 11.6 Å². The summed E-state index contributed by atoms with van der Waals surface area (Å²) in [6.07, 6.45) is 3.49. The van der Waals surface area contributed by atoms with E-state index in [1.54, 1.807) is 18.1 Å². The van der Waals surface area contributed by atoms with Gasteiger partial charge in [-0.05, 0) is 43.5 Å². The van der Waals surface area contributed by atoms with Crippen LogP contribution in [-0.4, -0.2) is 27.6 Å². The highest BCUT2D eigenvalue weighted by molar-refractivity contribution is 6.30. The average Bonchev–Trinajstić information content (AvgIpc) is 2.71. The van der Waals surface area contributed by atoms with Crippen molar-refractivity contribution in [3.63, 3.8) is 0 Å². The fraction of sp³-hybridized carbons (Fsp3) is 0.429. The molecule has 1 fully saturated rings. The highest BCUT2D eigenvalue weighted by Gasteiger charge is 2.33. The minimum Gasteiger partial charge on any atom is -0.381 e. The molecule has 2 aromatic rings. The first-order valence-electron chi connectivity index (χ1n) is 6.55. The number of benzene rings is 1. The molecule has 1 aliphatic rings. The van der Waals surface area contributed by atoms with Crippen LogP contribution in [0.1, 0.15) is 24.4 Å². The van der Waals surface area contributed by atoms with Crippen LogP contribution in [0, 0.1) is 6.92 Å². The van der Waals surface area contributed by atoms with Gasteiger partial charge in [0.25, 0.3) is 0 Å². The molecule has 3 rings (SSSR count). The fourth-order valence-electron chi connectivity index (χ4n) is 2.63. The molecular weight excluding hydrogens is 278 g/mol. The lowest BCUT2D eigenvalue weighted by atomic mass is 9.89. The molecule has 20 heavy (non-hydrogen) atoms. The van der Waals surface area contributed by atoms with Gasteiger partial charge in [0.2, 0.25) is 0 Å². The lowest BCUT2D eigenvalue weighted by molar-refractivity contribution is -0.000688. The minimum atomic E-state index is -0.223. The van der Waals surface area contributed by atoms with Crippen molar-refractivity contribution in [3.05, 3.63) is 45.6 Å². The quantitative estimate of drug-likeness (QED) is 0.873. The molecule has 0 spiro atoms. The van der Waals surface area contributed by atoms with Crippen LogP contribution in [0.25, 0.3) is 5.69 Å². The Bertz CT molecular complexity index is 686. The largest absolute Gasteiger partial charge is 0.381 e. The molecule has 0 aliphatic heterocycles. The van der Waals surface area contributed by atoms with E-state index in [0.717, 1.165) is 24.1 Å². The van der Waals surface area contributed by atoms with E-state index in [2.05, 4.69) is 4.98 Å². The second kappa shape index (κ2) is 5.07. The van der Waals surface area contributed by atoms with Gasteiger partial charge < -0.3 is 4.74 Å². The Hall–Kier alpha value is -1.59. The molecule has 0 atom stereocenters. The molecule has 0 bridgehead atoms. The third-order valence-corrected chi connectivity index (χ3v) is 4.10. The number of nitrogens with zero attached hydrogens (tertiary/aromatic N) is 3. The van der Waals surface area contributed by atoms with Crippen LogP contribution >= 0.6 is 11.6 Å². The number of rotatable bonds is 3. The molecular formula is C14H16ClN3O2. The zero-order chi connectivity index (χ0) is 14.3. The Labute approximate surface area is 121 Å². The topological polar surface area (TPSA) is 49.1 Å². The minimum absolute atomic E-state index is 0.144. The standard InChI is InChI=1S/C14H16ClN3O2/c1-9-5-10(15)3-4-13(9)17-8-16-14(19)18(17)11-6-12(7-11)20-2/h3-5,8,11-12H,6-7H2,1-2H3. The third kappa shape index (κ3) is 2.17. The van der Waals surface area contributed by atoms with Crippen LogP contribution in [0.3, 0.4) is 0 Å². The summed E-state index contributed by atoms with van der Waals surface area (Å²) in [6, 6.07) is 5.74. The molecule has 1 aliphatic carbocycles. The van der Waals surface area contributed by atoms with Gasteiger partial charge in [0.1, 0.15) is 6.33 Å². The van der Waals surface area contributed by atoms with E-state index < -0.39 is 0 Å². The van der Waals surface area contributed by atoms with Crippen molar-refractivity contribution in [2.24, 2.45) is 0 Å². The third-order valence-electron chi connectivity index (χ3n) is 3.86. The molecule has 0 N–H and O–H groups in total. The summed E-state index contributed by atoms with van der Waals surface area (Å²) in [5.74, 6) is 0. The van der Waals surface area contributed by atoms with Crippen molar-refractivity contribution in [1.29, 1.82) is 0 Å². The summed E-state index contributed by atoms with van der Waals surface area (Å²) in [4.78, 5) is 15.9. The number of aromatic nitrogens is 3. The molecule has 6 heteroatoms. The van der Waals surface area contributed by atoms with E-state index >= 15 is 0 Å². The molecule has 0 amide bonds. The number of ether oxygens (including phenoxy) is 1. The van der Waals surface area contributed by atoms with Crippen molar-refractivity contribution in [2.45, 2.75) is 31.9 Å². The van der Waals surface area contributed by atoms with Gasteiger partial charge in [0.15, 0.2) is 0 Å². The van der Waals surface area contributed by atoms with E-state index in [4.69, 9.17) is 16.3 Å². The number of hydrogen-bond acceptors (Lipinski definition) is 3. The zero-order valence-electron chi connectivity index (χ0n) is 11.4. The monoisotopic (exact) mass is 293 g/mol. The molecule has 1 saturated carbocycles. The molecule has 0 unspecified atom stereocenters. The molecule has 0 radical (unpaired) electrons. The Balaban J connectivity index is 2.01. The number of methoxy groups -OCH3 is 1. The normalized spacial score (nSPS) is 21.8. The summed E-state index contributed by atoms with van der Waals surface area (Å²) >= 11 is 5.98. The SMILES string of the molecule is COC1CC(n2c(=O)ncn2-c2ccc(Cl)cc2C)C1. The maximum atomic E-state index is 12.0. The number of aryl methyl sites for hydroxylation is 1. The van der Waals surface area contributed by atoms with Crippen molar-refractivity contribution < 1.29 is 4.74 Å². The van der Waals surface area contributed by atoms with E-state index in [9.17, 15) is 4.79 Å². The van der Waals surface area contributed by atoms with Gasteiger partial charge in [-0.2, -0.15) is 4.98 Å². The first-order chi connectivity index (χ1) is 9.60. The smallest absolute Gasteiger partial charge is 0.364 e. The van der Waals surface area contributed by atoms with Crippen molar-refractivity contribution in [3.8, 4) is 5.69 Å². The van der Waals surface area contributed by atoms with E-state index in [1.807, 2.05) is 29.8 Å². The van der Waals surface area contributed by atoms with Gasteiger partial charge in [-0.25, -0.2) is 14.2 Å². The van der Waals surface area contributed by atoms with Crippen LogP contribution in [0.2, 0.25) is 5.02 Å². The van der Waals surface area contributed by atoms with Gasteiger partial charge >= 0.3 is 5.69 Å². The highest BCUT2D eigenvalue weighted by atomic mass is 35.5. The van der Waals surface area contributed by atoms with Crippen molar-refractivity contribution in [2.75, 3.05) is 7.11 Å². The van der Waals surface area contributed by atoms with Crippen LogP contribution in [0.5, 0.6) is 0 Å². The first-order valence-corrected chi connectivity index (χ1v) is 6.93. The van der Waals surface area contributed by atoms with E-state index in [0.29, 0.717) is 5.02 Å². The summed E-state index contributed by atoms with van der Waals surface area (Å²) < 4.78 is 8.79. The molecule has 5 nitrogen and oxygen atoms in total. The zero-order valence-corrected chi connectivity index (χ0v) is 12.2. The molecule has 1 aromatic heterocycles. The molecule has 106 valence electrons. The predicted molar refractivity (Wildman–Crippen MR) is 76.6 cm³/mol. The lowest BCUT2D eigenvalue weighted by Crippen LogP contribution is -2.39. The van der Waals surface area contributed by atoms with Crippen molar-refractivity contribution in [1.82, 2.24) is 14.3 Å². The fourth-order valence-corrected chi connectivity index (χ4v) is 2.85. The van der Waals surface area contributed by atoms with Gasteiger partial charge in [-0.15, -0.1) is 0 Å². The summed E-state index contributed by atoms with van der Waals surface area (Å²) in [5.41, 5.74) is 1.70. The van der Waals surface area contributed by atoms with E-state index in [1.165, 1.54) is 0 Å². The summed E-state index contributed by atoms with van der Waals surface area (Å²) in [6.45, 7) is 1.97. The number of hydrogen-bond donors (Lipinski definition) is 0. The van der Waals surface area contributed by atoms with Gasteiger partial charge in [-0.1, -0.05) is 11.6 Å². The molecule has 0 saturated heterocycles. The van der Waals surface area contributed by atoms with Crippen LogP contribution in [-0.2, 0) is 4.74 Å². The lowest BCUT2D eigenvalue weighted by Gasteiger charge is -2.35. The van der Waals surface area contributed by atoms with Crippen LogP contribution < -0.4 is 5.69 Å². The predicted octanol–water partition coefficient (Wildman–Crippen LogP) is 2.35. The highest BCUT2D eigenvalue weighted by Crippen LogP contribution is 2.33. The number of halogens is 1. The maximum absolute atomic E-state index is 12.0. The Morgan fingerprint density at radius 1 is 1.40 bits per heavy atom. The average molecular weight is 294 g/mol. The van der Waals surface area contributed by atoms with Gasteiger partial charge in [0, 0.05) is 12.1 Å². The van der Waals surface area contributed by atoms with E-state index in [-0.39, 0.29) is 17.8 Å². The molecule has 1 heterocycles. The Morgan fingerprint density at radius 3 is 2.80 bits per heavy atom. The van der Waals surface area contributed by atoms with Crippen LogP contribution in [0.15, 0.2) is 29.3 Å². The Kier molecular flexibility index (Phi) is 3.40. The van der Waals surface area contributed by atoms with Gasteiger partial charge in [-0.3, -0.25) is 0 Å². The summed E-state index contributed by atoms with van der Waals surface area (Å²) in [5, 5.41) is 0.684. The molecule has 1 aromatic carbocycles. The maximum Gasteiger partial charge on any atom is 0.364 e.